The first-order chi connectivity index (χ1) is 6.66. The summed E-state index contributed by atoms with van der Waals surface area (Å²) in [6, 6.07) is 0.382. The van der Waals surface area contributed by atoms with Crippen molar-refractivity contribution >= 4 is 17.7 Å². The number of nitrogens with one attached hydrogen (secondary N) is 1. The van der Waals surface area contributed by atoms with E-state index in [0.717, 1.165) is 25.9 Å². The summed E-state index contributed by atoms with van der Waals surface area (Å²) in [5, 5.41) is 3.29. The predicted molar refractivity (Wildman–Crippen MR) is 61.3 cm³/mol. The van der Waals surface area contributed by atoms with Crippen LogP contribution in [0.4, 0.5) is 0 Å². The van der Waals surface area contributed by atoms with E-state index in [1.807, 2.05) is 18.2 Å². The Bertz CT molecular complexity index is 224. The van der Waals surface area contributed by atoms with Crippen LogP contribution in [0.25, 0.3) is 0 Å². The van der Waals surface area contributed by atoms with Crippen molar-refractivity contribution in [2.75, 3.05) is 26.4 Å². The summed E-state index contributed by atoms with van der Waals surface area (Å²) in [7, 11) is 1.87. The van der Waals surface area contributed by atoms with Gasteiger partial charge in [-0.1, -0.05) is 6.58 Å². The number of rotatable bonds is 3. The standard InChI is InChI=1S/C10H18N2OS/c1-8(14-3)10(13)12(2)9-4-6-11-7-5-9/h9,11H,1,4-7H2,2-3H3. The molecule has 0 unspecified atom stereocenters. The molecular weight excluding hydrogens is 196 g/mol. The molecule has 80 valence electrons. The topological polar surface area (TPSA) is 32.3 Å². The minimum Gasteiger partial charge on any atom is -0.338 e. The maximum atomic E-state index is 11.8. The highest BCUT2D eigenvalue weighted by molar-refractivity contribution is 8.03. The molecule has 1 heterocycles. The molecule has 1 saturated heterocycles. The first kappa shape index (κ1) is 11.6. The van der Waals surface area contributed by atoms with E-state index in [9.17, 15) is 4.79 Å². The van der Waals surface area contributed by atoms with E-state index in [4.69, 9.17) is 0 Å². The van der Waals surface area contributed by atoms with Crippen molar-refractivity contribution in [3.05, 3.63) is 11.5 Å². The number of hydrogen-bond acceptors (Lipinski definition) is 3. The van der Waals surface area contributed by atoms with Gasteiger partial charge in [-0.05, 0) is 32.2 Å². The van der Waals surface area contributed by atoms with Crippen molar-refractivity contribution < 1.29 is 4.79 Å². The molecule has 4 heteroatoms. The molecule has 1 fully saturated rings. The minimum atomic E-state index is 0.0735. The van der Waals surface area contributed by atoms with Crippen molar-refractivity contribution in [3.8, 4) is 0 Å². The average Bonchev–Trinajstić information content (AvgIpc) is 2.27. The van der Waals surface area contributed by atoms with Gasteiger partial charge in [-0.2, -0.15) is 0 Å². The summed E-state index contributed by atoms with van der Waals surface area (Å²) >= 11 is 1.42. The molecule has 0 radical (unpaired) electrons. The van der Waals surface area contributed by atoms with Gasteiger partial charge in [0.15, 0.2) is 0 Å². The van der Waals surface area contributed by atoms with E-state index in [2.05, 4.69) is 11.9 Å². The Morgan fingerprint density at radius 3 is 2.57 bits per heavy atom. The van der Waals surface area contributed by atoms with E-state index in [0.29, 0.717) is 10.9 Å². The molecule has 14 heavy (non-hydrogen) atoms. The van der Waals surface area contributed by atoms with Crippen molar-refractivity contribution in [1.82, 2.24) is 10.2 Å². The molecule has 1 aliphatic heterocycles. The lowest BCUT2D eigenvalue weighted by atomic mass is 10.1. The number of thioether (sulfide) groups is 1. The fourth-order valence-electron chi connectivity index (χ4n) is 1.64. The molecule has 0 aromatic heterocycles. The first-order valence-corrected chi connectivity index (χ1v) is 6.10. The van der Waals surface area contributed by atoms with E-state index in [1.165, 1.54) is 11.8 Å². The van der Waals surface area contributed by atoms with Gasteiger partial charge in [0.25, 0.3) is 5.91 Å². The Hall–Kier alpha value is -0.480. The van der Waals surface area contributed by atoms with Crippen LogP contribution in [0.2, 0.25) is 0 Å². The van der Waals surface area contributed by atoms with Gasteiger partial charge in [0.2, 0.25) is 0 Å². The molecule has 1 rings (SSSR count). The molecule has 0 saturated carbocycles. The fourth-order valence-corrected chi connectivity index (χ4v) is 1.96. The Morgan fingerprint density at radius 1 is 1.50 bits per heavy atom. The molecule has 0 aromatic carbocycles. The number of piperidine rings is 1. The lowest BCUT2D eigenvalue weighted by Crippen LogP contribution is -2.44. The Morgan fingerprint density at radius 2 is 2.07 bits per heavy atom. The maximum Gasteiger partial charge on any atom is 0.259 e. The highest BCUT2D eigenvalue weighted by Gasteiger charge is 2.22. The van der Waals surface area contributed by atoms with E-state index in [1.54, 1.807) is 0 Å². The molecule has 3 nitrogen and oxygen atoms in total. The first-order valence-electron chi connectivity index (χ1n) is 4.87. The Kier molecular flexibility index (Phi) is 4.48. The van der Waals surface area contributed by atoms with Crippen LogP contribution in [0.3, 0.4) is 0 Å². The second kappa shape index (κ2) is 5.41. The summed E-state index contributed by atoms with van der Waals surface area (Å²) < 4.78 is 0. The van der Waals surface area contributed by atoms with Crippen molar-refractivity contribution in [2.24, 2.45) is 0 Å². The van der Waals surface area contributed by atoms with Crippen LogP contribution < -0.4 is 5.32 Å². The molecule has 1 aliphatic rings. The van der Waals surface area contributed by atoms with Gasteiger partial charge in [-0.25, -0.2) is 0 Å². The van der Waals surface area contributed by atoms with Gasteiger partial charge in [0.1, 0.15) is 0 Å². The molecule has 0 atom stereocenters. The van der Waals surface area contributed by atoms with Crippen LogP contribution in [-0.4, -0.2) is 43.2 Å². The van der Waals surface area contributed by atoms with Crippen LogP contribution in [0.5, 0.6) is 0 Å². The maximum absolute atomic E-state index is 11.8. The number of nitrogens with zero attached hydrogens (tertiary/aromatic N) is 1. The second-order valence-corrected chi connectivity index (χ2v) is 4.43. The van der Waals surface area contributed by atoms with Gasteiger partial charge in [-0.15, -0.1) is 11.8 Å². The lowest BCUT2D eigenvalue weighted by molar-refractivity contribution is -0.127. The molecule has 0 bridgehead atoms. The van der Waals surface area contributed by atoms with E-state index < -0.39 is 0 Å². The molecule has 0 aliphatic carbocycles. The lowest BCUT2D eigenvalue weighted by Gasteiger charge is -2.31. The third kappa shape index (κ3) is 2.75. The van der Waals surface area contributed by atoms with Gasteiger partial charge in [0, 0.05) is 13.1 Å². The zero-order chi connectivity index (χ0) is 10.6. The summed E-state index contributed by atoms with van der Waals surface area (Å²) in [5.41, 5.74) is 0. The average molecular weight is 214 g/mol. The number of carbonyl (C=O) groups is 1. The summed E-state index contributed by atoms with van der Waals surface area (Å²) in [4.78, 5) is 14.2. The molecule has 0 spiro atoms. The summed E-state index contributed by atoms with van der Waals surface area (Å²) in [6.45, 7) is 5.76. The number of amides is 1. The zero-order valence-electron chi connectivity index (χ0n) is 8.88. The fraction of sp³-hybridized carbons (Fsp3) is 0.700. The second-order valence-electron chi connectivity index (χ2n) is 3.52. The normalized spacial score (nSPS) is 17.9. The molecule has 0 aromatic rings. The summed E-state index contributed by atoms with van der Waals surface area (Å²) in [6.07, 6.45) is 3.98. The number of carbonyl (C=O) groups excluding carboxylic acids is 1. The molecule has 1 amide bonds. The van der Waals surface area contributed by atoms with Gasteiger partial charge >= 0.3 is 0 Å². The number of likely N-dealkylation sites (N-methyl/N-ethyl adjacent to an activating group) is 1. The largest absolute Gasteiger partial charge is 0.338 e. The van der Waals surface area contributed by atoms with Crippen molar-refractivity contribution in [3.63, 3.8) is 0 Å². The van der Waals surface area contributed by atoms with Crippen molar-refractivity contribution in [1.29, 1.82) is 0 Å². The van der Waals surface area contributed by atoms with Gasteiger partial charge in [-0.3, -0.25) is 4.79 Å². The SMILES string of the molecule is C=C(SC)C(=O)N(C)C1CCNCC1. The third-order valence-corrected chi connectivity index (χ3v) is 3.33. The molecule has 1 N–H and O–H groups in total. The molecular formula is C10H18N2OS. The smallest absolute Gasteiger partial charge is 0.259 e. The Balaban J connectivity index is 2.50. The quantitative estimate of drug-likeness (QED) is 0.713. The van der Waals surface area contributed by atoms with Gasteiger partial charge in [0.05, 0.1) is 4.91 Å². The summed E-state index contributed by atoms with van der Waals surface area (Å²) in [5.74, 6) is 0.0735. The van der Waals surface area contributed by atoms with E-state index in [-0.39, 0.29) is 5.91 Å². The highest BCUT2D eigenvalue weighted by atomic mass is 32.2. The Labute approximate surface area is 89.9 Å². The van der Waals surface area contributed by atoms with Gasteiger partial charge < -0.3 is 10.2 Å². The van der Waals surface area contributed by atoms with Crippen LogP contribution in [-0.2, 0) is 4.79 Å². The minimum absolute atomic E-state index is 0.0735. The van der Waals surface area contributed by atoms with Crippen molar-refractivity contribution in [2.45, 2.75) is 18.9 Å². The van der Waals surface area contributed by atoms with Crippen LogP contribution in [0.1, 0.15) is 12.8 Å². The highest BCUT2D eigenvalue weighted by Crippen LogP contribution is 2.16. The van der Waals surface area contributed by atoms with Crippen LogP contribution in [0.15, 0.2) is 11.5 Å². The predicted octanol–water partition coefficient (Wildman–Crippen LogP) is 1.07. The zero-order valence-corrected chi connectivity index (χ0v) is 9.69. The number of hydrogen-bond donors (Lipinski definition) is 1. The monoisotopic (exact) mass is 214 g/mol. The van der Waals surface area contributed by atoms with Crippen LogP contribution in [0, 0.1) is 0 Å². The van der Waals surface area contributed by atoms with E-state index >= 15 is 0 Å². The third-order valence-electron chi connectivity index (χ3n) is 2.66. The van der Waals surface area contributed by atoms with Crippen LogP contribution >= 0.6 is 11.8 Å².